The fourth-order valence-corrected chi connectivity index (χ4v) is 1.53. The number of aliphatic hydroxyl groups is 2. The summed E-state index contributed by atoms with van der Waals surface area (Å²) >= 11 is 0. The molecule has 0 aliphatic rings. The molecule has 0 radical (unpaired) electrons. The minimum Gasteiger partial charge on any atom is -0.478 e. The van der Waals surface area contributed by atoms with Crippen molar-refractivity contribution in [1.29, 1.82) is 0 Å². The Morgan fingerprint density at radius 2 is 1.88 bits per heavy atom. The van der Waals surface area contributed by atoms with Crippen molar-refractivity contribution >= 4 is 11.9 Å². The van der Waals surface area contributed by atoms with Gasteiger partial charge in [0.15, 0.2) is 6.10 Å². The molecule has 0 saturated heterocycles. The van der Waals surface area contributed by atoms with Crippen LogP contribution in [0.1, 0.15) is 27.6 Å². The number of hydrogen-bond donors (Lipinski definition) is 4. The van der Waals surface area contributed by atoms with Crippen LogP contribution < -0.4 is 5.73 Å². The summed E-state index contributed by atoms with van der Waals surface area (Å²) in [5.74, 6) is -2.22. The number of carbonyl (C=O) groups is 2. The first-order valence-corrected chi connectivity index (χ1v) is 4.84. The van der Waals surface area contributed by atoms with E-state index in [9.17, 15) is 19.8 Å². The fourth-order valence-electron chi connectivity index (χ4n) is 1.53. The van der Waals surface area contributed by atoms with Crippen LogP contribution in [-0.4, -0.2) is 33.3 Å². The second kappa shape index (κ2) is 4.94. The molecule has 17 heavy (non-hydrogen) atoms. The van der Waals surface area contributed by atoms with E-state index in [1.165, 1.54) is 25.1 Å². The first-order chi connectivity index (χ1) is 7.86. The van der Waals surface area contributed by atoms with Crippen molar-refractivity contribution in [3.63, 3.8) is 0 Å². The molecular formula is C11H13NO5. The molecule has 2 unspecified atom stereocenters. The van der Waals surface area contributed by atoms with Gasteiger partial charge in [0.25, 0.3) is 0 Å². The quantitative estimate of drug-likeness (QED) is 0.568. The van der Waals surface area contributed by atoms with Gasteiger partial charge in [-0.2, -0.15) is 0 Å². The van der Waals surface area contributed by atoms with E-state index >= 15 is 0 Å². The molecule has 6 nitrogen and oxygen atoms in total. The molecule has 5 N–H and O–H groups in total. The van der Waals surface area contributed by atoms with E-state index in [4.69, 9.17) is 10.8 Å². The van der Waals surface area contributed by atoms with Crippen LogP contribution >= 0.6 is 0 Å². The van der Waals surface area contributed by atoms with Gasteiger partial charge < -0.3 is 21.1 Å². The third-order valence-electron chi connectivity index (χ3n) is 2.52. The Balaban J connectivity index is 3.19. The van der Waals surface area contributed by atoms with Gasteiger partial charge in [-0.05, 0) is 24.1 Å². The SMILES string of the molecule is Cc1c(C(=O)O)cccc1C(O)C(O)C(N)=O. The molecule has 1 aromatic rings. The molecular weight excluding hydrogens is 226 g/mol. The fraction of sp³-hybridized carbons (Fsp3) is 0.273. The zero-order chi connectivity index (χ0) is 13.2. The Bertz CT molecular complexity index is 457. The van der Waals surface area contributed by atoms with E-state index in [0.29, 0.717) is 0 Å². The van der Waals surface area contributed by atoms with Gasteiger partial charge in [0, 0.05) is 0 Å². The summed E-state index contributed by atoms with van der Waals surface area (Å²) in [4.78, 5) is 21.6. The highest BCUT2D eigenvalue weighted by Crippen LogP contribution is 2.23. The highest BCUT2D eigenvalue weighted by molar-refractivity contribution is 5.89. The third kappa shape index (κ3) is 2.61. The van der Waals surface area contributed by atoms with Crippen LogP contribution in [0.4, 0.5) is 0 Å². The van der Waals surface area contributed by atoms with Gasteiger partial charge in [-0.15, -0.1) is 0 Å². The number of nitrogens with two attached hydrogens (primary N) is 1. The second-order valence-corrected chi connectivity index (χ2v) is 3.62. The number of rotatable bonds is 4. The molecule has 0 spiro atoms. The van der Waals surface area contributed by atoms with Crippen LogP contribution in [-0.2, 0) is 4.79 Å². The summed E-state index contributed by atoms with van der Waals surface area (Å²) in [6, 6.07) is 4.21. The van der Waals surface area contributed by atoms with Crippen LogP contribution in [0.15, 0.2) is 18.2 Å². The number of benzene rings is 1. The lowest BCUT2D eigenvalue weighted by Crippen LogP contribution is -2.34. The molecule has 0 aliphatic carbocycles. The van der Waals surface area contributed by atoms with Crippen molar-refractivity contribution in [2.75, 3.05) is 0 Å². The lowest BCUT2D eigenvalue weighted by molar-refractivity contribution is -0.132. The molecule has 0 fully saturated rings. The van der Waals surface area contributed by atoms with Gasteiger partial charge in [0.2, 0.25) is 5.91 Å². The summed E-state index contributed by atoms with van der Waals surface area (Å²) in [7, 11) is 0. The zero-order valence-corrected chi connectivity index (χ0v) is 9.12. The largest absolute Gasteiger partial charge is 0.478 e. The molecule has 0 bridgehead atoms. The maximum Gasteiger partial charge on any atom is 0.335 e. The molecule has 6 heteroatoms. The van der Waals surface area contributed by atoms with Crippen molar-refractivity contribution in [1.82, 2.24) is 0 Å². The highest BCUT2D eigenvalue weighted by atomic mass is 16.4. The lowest BCUT2D eigenvalue weighted by Gasteiger charge is -2.18. The van der Waals surface area contributed by atoms with E-state index in [2.05, 4.69) is 0 Å². The second-order valence-electron chi connectivity index (χ2n) is 3.62. The molecule has 1 amide bonds. The number of amides is 1. The summed E-state index contributed by atoms with van der Waals surface area (Å²) < 4.78 is 0. The first kappa shape index (κ1) is 13.1. The Morgan fingerprint density at radius 3 is 2.35 bits per heavy atom. The van der Waals surface area contributed by atoms with Crippen molar-refractivity contribution in [3.05, 3.63) is 34.9 Å². The average Bonchev–Trinajstić information content (AvgIpc) is 2.26. The zero-order valence-electron chi connectivity index (χ0n) is 9.12. The van der Waals surface area contributed by atoms with Gasteiger partial charge in [-0.3, -0.25) is 4.79 Å². The predicted octanol–water partition coefficient (Wildman–Crippen LogP) is -0.427. The lowest BCUT2D eigenvalue weighted by atomic mass is 9.95. The number of aliphatic hydroxyl groups excluding tert-OH is 2. The van der Waals surface area contributed by atoms with Crippen molar-refractivity contribution in [2.45, 2.75) is 19.1 Å². The molecule has 92 valence electrons. The molecule has 2 atom stereocenters. The van der Waals surface area contributed by atoms with Crippen LogP contribution in [0.3, 0.4) is 0 Å². The Morgan fingerprint density at radius 1 is 1.29 bits per heavy atom. The highest BCUT2D eigenvalue weighted by Gasteiger charge is 2.26. The standard InChI is InChI=1S/C11H13NO5/c1-5-6(8(13)9(14)10(12)15)3-2-4-7(5)11(16)17/h2-4,8-9,13-14H,1H3,(H2,12,15)(H,16,17). The summed E-state index contributed by atoms with van der Waals surface area (Å²) in [6.45, 7) is 1.48. The first-order valence-electron chi connectivity index (χ1n) is 4.84. The average molecular weight is 239 g/mol. The smallest absolute Gasteiger partial charge is 0.335 e. The Labute approximate surface area is 97.3 Å². The molecule has 0 aromatic heterocycles. The van der Waals surface area contributed by atoms with Gasteiger partial charge in [-0.1, -0.05) is 12.1 Å². The molecule has 0 saturated carbocycles. The van der Waals surface area contributed by atoms with Crippen molar-refractivity contribution in [2.24, 2.45) is 5.73 Å². The molecule has 0 heterocycles. The van der Waals surface area contributed by atoms with Gasteiger partial charge in [0.1, 0.15) is 6.10 Å². The molecule has 1 aromatic carbocycles. The maximum absolute atomic E-state index is 10.9. The maximum atomic E-state index is 10.9. The Hall–Kier alpha value is -1.92. The predicted molar refractivity (Wildman–Crippen MR) is 58.3 cm³/mol. The number of aromatic carboxylic acids is 1. The Kier molecular flexibility index (Phi) is 3.82. The van der Waals surface area contributed by atoms with E-state index in [-0.39, 0.29) is 16.7 Å². The summed E-state index contributed by atoms with van der Waals surface area (Å²) in [5, 5.41) is 27.9. The van der Waals surface area contributed by atoms with Gasteiger partial charge in [-0.25, -0.2) is 4.79 Å². The summed E-state index contributed by atoms with van der Waals surface area (Å²) in [6.07, 6.45) is -3.30. The summed E-state index contributed by atoms with van der Waals surface area (Å²) in [5.41, 5.74) is 5.30. The van der Waals surface area contributed by atoms with Crippen molar-refractivity contribution in [3.8, 4) is 0 Å². The van der Waals surface area contributed by atoms with Crippen LogP contribution in [0.2, 0.25) is 0 Å². The molecule has 1 rings (SSSR count). The number of carbonyl (C=O) groups excluding carboxylic acids is 1. The van der Waals surface area contributed by atoms with Gasteiger partial charge >= 0.3 is 5.97 Å². The number of hydrogen-bond acceptors (Lipinski definition) is 4. The van der Waals surface area contributed by atoms with E-state index in [1.807, 2.05) is 0 Å². The topological polar surface area (TPSA) is 121 Å². The number of carboxylic acids is 1. The third-order valence-corrected chi connectivity index (χ3v) is 2.52. The van der Waals surface area contributed by atoms with E-state index < -0.39 is 24.1 Å². The molecule has 0 aliphatic heterocycles. The monoisotopic (exact) mass is 239 g/mol. The minimum absolute atomic E-state index is 0.00165. The van der Waals surface area contributed by atoms with E-state index in [1.54, 1.807) is 0 Å². The van der Waals surface area contributed by atoms with Gasteiger partial charge in [0.05, 0.1) is 5.56 Å². The number of carboxylic acid groups (broad SMARTS) is 1. The van der Waals surface area contributed by atoms with Crippen molar-refractivity contribution < 1.29 is 24.9 Å². The minimum atomic E-state index is -1.77. The van der Waals surface area contributed by atoms with Crippen LogP contribution in [0.5, 0.6) is 0 Å². The van der Waals surface area contributed by atoms with Crippen LogP contribution in [0.25, 0.3) is 0 Å². The normalized spacial score (nSPS) is 14.1. The van der Waals surface area contributed by atoms with E-state index in [0.717, 1.165) is 0 Å². The number of primary amides is 1. The van der Waals surface area contributed by atoms with Crippen LogP contribution in [0, 0.1) is 6.92 Å².